The number of alkyl halides is 2. The largest absolute Gasteiger partial charge is 0.459 e. The van der Waals surface area contributed by atoms with Crippen molar-refractivity contribution in [2.24, 2.45) is 0 Å². The lowest BCUT2D eigenvalue weighted by molar-refractivity contribution is -0.117. The van der Waals surface area contributed by atoms with E-state index in [0.29, 0.717) is 4.47 Å². The number of benzene rings is 1. The zero-order chi connectivity index (χ0) is 17.5. The highest BCUT2D eigenvalue weighted by Gasteiger charge is 2.10. The van der Waals surface area contributed by atoms with Gasteiger partial charge in [0.1, 0.15) is 5.75 Å². The molecule has 0 aliphatic carbocycles. The molecule has 0 spiro atoms. The zero-order valence-electron chi connectivity index (χ0n) is 12.0. The van der Waals surface area contributed by atoms with E-state index in [2.05, 4.69) is 31.5 Å². The molecule has 0 bridgehead atoms. The van der Waals surface area contributed by atoms with Crippen LogP contribution >= 0.6 is 15.9 Å². The zero-order valence-corrected chi connectivity index (χ0v) is 13.5. The number of amides is 2. The van der Waals surface area contributed by atoms with Gasteiger partial charge in [-0.05, 0) is 36.4 Å². The Bertz CT molecular complexity index is 748. The fraction of sp³-hybridized carbons (Fsp3) is 0.0667. The summed E-state index contributed by atoms with van der Waals surface area (Å²) < 4.78 is 34.5. The van der Waals surface area contributed by atoms with E-state index in [1.165, 1.54) is 42.7 Å². The molecule has 1 aromatic carbocycles. The normalized spacial score (nSPS) is 10.8. The lowest BCUT2D eigenvalue weighted by Gasteiger charge is -2.08. The molecule has 0 aliphatic rings. The van der Waals surface area contributed by atoms with Gasteiger partial charge in [0.15, 0.2) is 5.76 Å². The van der Waals surface area contributed by atoms with Gasteiger partial charge >= 0.3 is 12.5 Å². The predicted octanol–water partition coefficient (Wildman–Crippen LogP) is 3.12. The van der Waals surface area contributed by atoms with Crippen molar-refractivity contribution in [3.8, 4) is 5.75 Å². The van der Waals surface area contributed by atoms with Crippen LogP contribution in [-0.2, 0) is 4.79 Å². The molecule has 2 amide bonds. The SMILES string of the molecule is O=C(/C=C/c1cc(Br)ccc1OC(F)F)NNC(=O)c1ccco1. The van der Waals surface area contributed by atoms with Crippen LogP contribution in [0.4, 0.5) is 8.78 Å². The predicted molar refractivity (Wildman–Crippen MR) is 84.1 cm³/mol. The first-order chi connectivity index (χ1) is 11.5. The maximum atomic E-state index is 12.4. The van der Waals surface area contributed by atoms with Crippen LogP contribution in [0.1, 0.15) is 16.1 Å². The van der Waals surface area contributed by atoms with Crippen LogP contribution in [0.2, 0.25) is 0 Å². The van der Waals surface area contributed by atoms with Gasteiger partial charge in [0.25, 0.3) is 5.91 Å². The second-order valence-corrected chi connectivity index (χ2v) is 5.23. The Morgan fingerprint density at radius 3 is 2.71 bits per heavy atom. The van der Waals surface area contributed by atoms with Gasteiger partial charge in [0, 0.05) is 16.1 Å². The number of hydrazine groups is 1. The Kier molecular flexibility index (Phi) is 6.07. The van der Waals surface area contributed by atoms with Crippen molar-refractivity contribution in [3.63, 3.8) is 0 Å². The van der Waals surface area contributed by atoms with Gasteiger partial charge in [-0.25, -0.2) is 0 Å². The van der Waals surface area contributed by atoms with Crippen LogP contribution in [0.15, 0.2) is 51.6 Å². The second-order valence-electron chi connectivity index (χ2n) is 4.31. The Morgan fingerprint density at radius 1 is 1.25 bits per heavy atom. The third-order valence-electron chi connectivity index (χ3n) is 2.65. The van der Waals surface area contributed by atoms with Gasteiger partial charge in [-0.2, -0.15) is 8.78 Å². The van der Waals surface area contributed by atoms with E-state index in [4.69, 9.17) is 4.42 Å². The van der Waals surface area contributed by atoms with Crippen LogP contribution < -0.4 is 15.6 Å². The van der Waals surface area contributed by atoms with Crippen molar-refractivity contribution in [1.82, 2.24) is 10.9 Å². The van der Waals surface area contributed by atoms with Crippen LogP contribution in [0.3, 0.4) is 0 Å². The molecule has 24 heavy (non-hydrogen) atoms. The van der Waals surface area contributed by atoms with Crippen molar-refractivity contribution < 1.29 is 27.5 Å². The summed E-state index contributed by atoms with van der Waals surface area (Å²) in [5.41, 5.74) is 4.53. The Hall–Kier alpha value is -2.68. The van der Waals surface area contributed by atoms with Crippen molar-refractivity contribution in [1.29, 1.82) is 0 Å². The maximum Gasteiger partial charge on any atom is 0.387 e. The summed E-state index contributed by atoms with van der Waals surface area (Å²) in [4.78, 5) is 23.2. The molecule has 2 N–H and O–H groups in total. The van der Waals surface area contributed by atoms with E-state index in [-0.39, 0.29) is 17.1 Å². The average molecular weight is 401 g/mol. The molecule has 6 nitrogen and oxygen atoms in total. The molecule has 0 fully saturated rings. The number of halogens is 3. The standard InChI is InChI=1S/C15H11BrF2N2O4/c16-10-4-5-11(24-15(17)18)9(8-10)3-6-13(21)19-20-14(22)12-2-1-7-23-12/h1-8,15H,(H,19,21)(H,20,22)/b6-3+. The highest BCUT2D eigenvalue weighted by molar-refractivity contribution is 9.10. The fourth-order valence-corrected chi connectivity index (χ4v) is 2.03. The van der Waals surface area contributed by atoms with Gasteiger partial charge in [0.05, 0.1) is 6.26 Å². The molecule has 1 heterocycles. The van der Waals surface area contributed by atoms with E-state index in [1.807, 2.05) is 0 Å². The highest BCUT2D eigenvalue weighted by atomic mass is 79.9. The minimum Gasteiger partial charge on any atom is -0.459 e. The number of hydrogen-bond donors (Lipinski definition) is 2. The van der Waals surface area contributed by atoms with Crippen LogP contribution in [-0.4, -0.2) is 18.4 Å². The lowest BCUT2D eigenvalue weighted by atomic mass is 10.2. The molecule has 0 saturated carbocycles. The first-order valence-corrected chi connectivity index (χ1v) is 7.31. The topological polar surface area (TPSA) is 80.6 Å². The molecular weight excluding hydrogens is 390 g/mol. The minimum atomic E-state index is -2.99. The second kappa shape index (κ2) is 8.25. The number of ether oxygens (including phenoxy) is 1. The van der Waals surface area contributed by atoms with Gasteiger partial charge in [-0.1, -0.05) is 15.9 Å². The van der Waals surface area contributed by atoms with Crippen molar-refractivity contribution >= 4 is 33.8 Å². The van der Waals surface area contributed by atoms with Crippen molar-refractivity contribution in [2.75, 3.05) is 0 Å². The summed E-state index contributed by atoms with van der Waals surface area (Å²) in [6, 6.07) is 7.31. The first kappa shape index (κ1) is 17.7. The third-order valence-corrected chi connectivity index (χ3v) is 3.14. The Morgan fingerprint density at radius 2 is 2.04 bits per heavy atom. The summed E-state index contributed by atoms with van der Waals surface area (Å²) >= 11 is 3.20. The molecule has 0 saturated heterocycles. The first-order valence-electron chi connectivity index (χ1n) is 6.52. The average Bonchev–Trinajstić information content (AvgIpc) is 3.07. The Balaban J connectivity index is 1.98. The molecular formula is C15H11BrF2N2O4. The fourth-order valence-electron chi connectivity index (χ4n) is 1.65. The maximum absolute atomic E-state index is 12.4. The molecule has 2 aromatic rings. The summed E-state index contributed by atoms with van der Waals surface area (Å²) in [5, 5.41) is 0. The summed E-state index contributed by atoms with van der Waals surface area (Å²) in [6.07, 6.45) is 3.65. The van der Waals surface area contributed by atoms with Gasteiger partial charge in [-0.3, -0.25) is 20.4 Å². The quantitative estimate of drug-likeness (QED) is 0.596. The smallest absolute Gasteiger partial charge is 0.387 e. The van der Waals surface area contributed by atoms with Gasteiger partial charge in [0.2, 0.25) is 0 Å². The van der Waals surface area contributed by atoms with E-state index < -0.39 is 18.4 Å². The van der Waals surface area contributed by atoms with Crippen LogP contribution in [0, 0.1) is 0 Å². The molecule has 0 unspecified atom stereocenters. The minimum absolute atomic E-state index is 0.0267. The summed E-state index contributed by atoms with van der Waals surface area (Å²) in [7, 11) is 0. The van der Waals surface area contributed by atoms with Gasteiger partial charge in [-0.15, -0.1) is 0 Å². The molecule has 9 heteroatoms. The van der Waals surface area contributed by atoms with E-state index in [0.717, 1.165) is 6.08 Å². The highest BCUT2D eigenvalue weighted by Crippen LogP contribution is 2.25. The number of furan rings is 1. The summed E-state index contributed by atoms with van der Waals surface area (Å²) in [6.45, 7) is -2.99. The number of carbonyl (C=O) groups is 2. The number of nitrogens with one attached hydrogen (secondary N) is 2. The van der Waals surface area contributed by atoms with E-state index in [1.54, 1.807) is 0 Å². The molecule has 1 aromatic heterocycles. The molecule has 126 valence electrons. The van der Waals surface area contributed by atoms with Crippen molar-refractivity contribution in [2.45, 2.75) is 6.61 Å². The number of hydrogen-bond acceptors (Lipinski definition) is 4. The number of carbonyl (C=O) groups excluding carboxylic acids is 2. The van der Waals surface area contributed by atoms with Crippen LogP contribution in [0.25, 0.3) is 6.08 Å². The molecule has 2 rings (SSSR count). The van der Waals surface area contributed by atoms with Crippen molar-refractivity contribution in [3.05, 3.63) is 58.5 Å². The van der Waals surface area contributed by atoms with Crippen LogP contribution in [0.5, 0.6) is 5.75 Å². The Labute approximate surface area is 143 Å². The molecule has 0 atom stereocenters. The third kappa shape index (κ3) is 5.20. The monoisotopic (exact) mass is 400 g/mol. The summed E-state index contributed by atoms with van der Waals surface area (Å²) in [5.74, 6) is -1.36. The lowest BCUT2D eigenvalue weighted by Crippen LogP contribution is -2.40. The van der Waals surface area contributed by atoms with E-state index in [9.17, 15) is 18.4 Å². The number of rotatable bonds is 5. The van der Waals surface area contributed by atoms with Gasteiger partial charge < -0.3 is 9.15 Å². The molecule has 0 radical (unpaired) electrons. The van der Waals surface area contributed by atoms with E-state index >= 15 is 0 Å². The molecule has 0 aliphatic heterocycles.